The van der Waals surface area contributed by atoms with E-state index in [0.717, 1.165) is 69.3 Å². The lowest BCUT2D eigenvalue weighted by atomic mass is 9.72. The summed E-state index contributed by atoms with van der Waals surface area (Å²) in [6.07, 6.45) is 7.28. The van der Waals surface area contributed by atoms with Crippen LogP contribution in [0.1, 0.15) is 62.0 Å². The van der Waals surface area contributed by atoms with Crippen molar-refractivity contribution in [3.05, 3.63) is 64.7 Å². The van der Waals surface area contributed by atoms with Crippen molar-refractivity contribution in [1.29, 1.82) is 0 Å². The largest absolute Gasteiger partial charge is 0.487 e. The zero-order valence-corrected chi connectivity index (χ0v) is 19.1. The average molecular weight is 443 g/mol. The van der Waals surface area contributed by atoms with E-state index in [0.29, 0.717) is 17.4 Å². The molecule has 4 nitrogen and oxygen atoms in total. The summed E-state index contributed by atoms with van der Waals surface area (Å²) in [4.78, 5) is 2.43. The Labute approximate surface area is 191 Å². The Morgan fingerprint density at radius 2 is 1.87 bits per heavy atom. The quantitative estimate of drug-likeness (QED) is 0.624. The highest BCUT2D eigenvalue weighted by molar-refractivity contribution is 6.32. The standard InChI is InChI=1S/C26H35ClN2O2/c27-24-16-21(11-12-25(24)31-19-20-8-3-1-4-9-20)23(26(30)13-5-2-6-14-26)18-29-15-7-10-22(28)17-29/h1,3-4,8-9,11-12,16,22-23,30H,2,5-7,10,13-15,17-19,28H2/t22-,23?/m0/s1. The van der Waals surface area contributed by atoms with Crippen LogP contribution in [0.25, 0.3) is 0 Å². The molecule has 1 unspecified atom stereocenters. The molecular weight excluding hydrogens is 408 g/mol. The van der Waals surface area contributed by atoms with Crippen molar-refractivity contribution >= 4 is 11.6 Å². The van der Waals surface area contributed by atoms with Crippen LogP contribution in [-0.4, -0.2) is 41.3 Å². The second kappa shape index (κ2) is 10.4. The summed E-state index contributed by atoms with van der Waals surface area (Å²) in [7, 11) is 0. The van der Waals surface area contributed by atoms with E-state index in [-0.39, 0.29) is 12.0 Å². The number of hydrogen-bond acceptors (Lipinski definition) is 4. The van der Waals surface area contributed by atoms with Crippen LogP contribution in [-0.2, 0) is 6.61 Å². The Balaban J connectivity index is 1.53. The molecule has 2 aliphatic rings. The normalized spacial score (nSPS) is 22.7. The molecule has 4 rings (SSSR count). The van der Waals surface area contributed by atoms with Crippen molar-refractivity contribution in [1.82, 2.24) is 4.90 Å². The second-order valence-corrected chi connectivity index (χ2v) is 9.75. The smallest absolute Gasteiger partial charge is 0.138 e. The van der Waals surface area contributed by atoms with E-state index in [9.17, 15) is 5.11 Å². The third-order valence-corrected chi connectivity index (χ3v) is 7.24. The molecule has 31 heavy (non-hydrogen) atoms. The predicted molar refractivity (Wildman–Crippen MR) is 127 cm³/mol. The summed E-state index contributed by atoms with van der Waals surface area (Å²) in [5, 5.41) is 12.3. The van der Waals surface area contributed by atoms with Crippen LogP contribution in [0.5, 0.6) is 5.75 Å². The van der Waals surface area contributed by atoms with Crippen molar-refractivity contribution in [2.75, 3.05) is 19.6 Å². The molecule has 3 N–H and O–H groups in total. The summed E-state index contributed by atoms with van der Waals surface area (Å²) in [5.41, 5.74) is 7.76. The van der Waals surface area contributed by atoms with Gasteiger partial charge >= 0.3 is 0 Å². The van der Waals surface area contributed by atoms with E-state index in [4.69, 9.17) is 22.1 Å². The zero-order chi connectivity index (χ0) is 21.7. The molecule has 5 heteroatoms. The maximum atomic E-state index is 11.7. The SMILES string of the molecule is N[C@H]1CCCN(CC(c2ccc(OCc3ccccc3)c(Cl)c2)C2(O)CCCCC2)C1. The number of rotatable bonds is 7. The highest BCUT2D eigenvalue weighted by atomic mass is 35.5. The fraction of sp³-hybridized carbons (Fsp3) is 0.538. The van der Waals surface area contributed by atoms with Crippen molar-refractivity contribution in [2.45, 2.75) is 69.1 Å². The van der Waals surface area contributed by atoms with Gasteiger partial charge in [-0.2, -0.15) is 0 Å². The number of piperidine rings is 1. The summed E-state index contributed by atoms with van der Waals surface area (Å²) in [6.45, 7) is 3.26. The van der Waals surface area contributed by atoms with Crippen molar-refractivity contribution in [3.63, 3.8) is 0 Å². The van der Waals surface area contributed by atoms with Crippen LogP contribution in [0.3, 0.4) is 0 Å². The maximum Gasteiger partial charge on any atom is 0.138 e. The monoisotopic (exact) mass is 442 g/mol. The first-order valence-electron chi connectivity index (χ1n) is 11.7. The van der Waals surface area contributed by atoms with E-state index < -0.39 is 5.60 Å². The number of nitrogens with two attached hydrogens (primary N) is 1. The van der Waals surface area contributed by atoms with Gasteiger partial charge in [0.15, 0.2) is 0 Å². The molecule has 2 aromatic rings. The fourth-order valence-electron chi connectivity index (χ4n) is 5.20. The van der Waals surface area contributed by atoms with Crippen molar-refractivity contribution in [2.24, 2.45) is 5.73 Å². The van der Waals surface area contributed by atoms with Crippen molar-refractivity contribution < 1.29 is 9.84 Å². The van der Waals surface area contributed by atoms with Gasteiger partial charge in [0.05, 0.1) is 10.6 Å². The Kier molecular flexibility index (Phi) is 7.55. The number of nitrogens with zero attached hydrogens (tertiary/aromatic N) is 1. The van der Waals surface area contributed by atoms with E-state index in [2.05, 4.69) is 11.0 Å². The van der Waals surface area contributed by atoms with Gasteiger partial charge in [-0.15, -0.1) is 0 Å². The highest BCUT2D eigenvalue weighted by Gasteiger charge is 2.40. The van der Waals surface area contributed by atoms with Crippen molar-refractivity contribution in [3.8, 4) is 5.75 Å². The number of benzene rings is 2. The minimum atomic E-state index is -0.685. The third kappa shape index (κ3) is 5.81. The molecule has 1 saturated heterocycles. The van der Waals surface area contributed by atoms with E-state index in [1.165, 1.54) is 6.42 Å². The molecule has 1 aliphatic heterocycles. The van der Waals surface area contributed by atoms with Gasteiger partial charge in [0.1, 0.15) is 12.4 Å². The lowest BCUT2D eigenvalue weighted by molar-refractivity contribution is -0.0326. The summed E-state index contributed by atoms with van der Waals surface area (Å²) in [6, 6.07) is 16.4. The second-order valence-electron chi connectivity index (χ2n) is 9.34. The Morgan fingerprint density at radius 1 is 1.10 bits per heavy atom. The lowest BCUT2D eigenvalue weighted by Gasteiger charge is -2.43. The Morgan fingerprint density at radius 3 is 2.58 bits per heavy atom. The number of hydrogen-bond donors (Lipinski definition) is 2. The van der Waals surface area contributed by atoms with Crippen LogP contribution in [0.4, 0.5) is 0 Å². The summed E-state index contributed by atoms with van der Waals surface area (Å²) >= 11 is 6.65. The maximum absolute atomic E-state index is 11.7. The minimum Gasteiger partial charge on any atom is -0.487 e. The van der Waals surface area contributed by atoms with Gasteiger partial charge in [-0.25, -0.2) is 0 Å². The van der Waals surface area contributed by atoms with Gasteiger partial charge in [0, 0.05) is 25.0 Å². The van der Waals surface area contributed by atoms with Crippen LogP contribution >= 0.6 is 11.6 Å². The van der Waals surface area contributed by atoms with Crippen LogP contribution in [0.15, 0.2) is 48.5 Å². The molecule has 2 fully saturated rings. The predicted octanol–water partition coefficient (Wildman–Crippen LogP) is 5.12. The summed E-state index contributed by atoms with van der Waals surface area (Å²) in [5.74, 6) is 0.711. The van der Waals surface area contributed by atoms with E-state index in [1.54, 1.807) is 0 Å². The van der Waals surface area contributed by atoms with Gasteiger partial charge < -0.3 is 20.5 Å². The van der Waals surface area contributed by atoms with Gasteiger partial charge in [-0.3, -0.25) is 0 Å². The molecular formula is C26H35ClN2O2. The Bertz CT molecular complexity index is 839. The molecule has 168 valence electrons. The number of halogens is 1. The van der Waals surface area contributed by atoms with Gasteiger partial charge in [0.25, 0.3) is 0 Å². The highest BCUT2D eigenvalue weighted by Crippen LogP contribution is 2.42. The molecule has 0 amide bonds. The van der Waals surface area contributed by atoms with Crippen LogP contribution < -0.4 is 10.5 Å². The van der Waals surface area contributed by atoms with Gasteiger partial charge in [-0.05, 0) is 55.5 Å². The molecule has 0 bridgehead atoms. The number of aliphatic hydroxyl groups is 1. The lowest BCUT2D eigenvalue weighted by Crippen LogP contribution is -2.49. The van der Waals surface area contributed by atoms with Gasteiger partial charge in [0.2, 0.25) is 0 Å². The molecule has 2 atom stereocenters. The number of likely N-dealkylation sites (tertiary alicyclic amines) is 1. The molecule has 0 spiro atoms. The van der Waals surface area contributed by atoms with E-state index in [1.807, 2.05) is 42.5 Å². The zero-order valence-electron chi connectivity index (χ0n) is 18.3. The van der Waals surface area contributed by atoms with Crippen LogP contribution in [0, 0.1) is 0 Å². The first-order valence-corrected chi connectivity index (χ1v) is 12.1. The molecule has 0 aromatic heterocycles. The average Bonchev–Trinajstić information content (AvgIpc) is 2.78. The topological polar surface area (TPSA) is 58.7 Å². The molecule has 1 aliphatic carbocycles. The van der Waals surface area contributed by atoms with E-state index >= 15 is 0 Å². The van der Waals surface area contributed by atoms with Crippen LogP contribution in [0.2, 0.25) is 5.02 Å². The van der Waals surface area contributed by atoms with Gasteiger partial charge in [-0.1, -0.05) is 67.3 Å². The molecule has 2 aromatic carbocycles. The first kappa shape index (κ1) is 22.6. The molecule has 1 saturated carbocycles. The number of ether oxygens (including phenoxy) is 1. The Hall–Kier alpha value is -1.59. The fourth-order valence-corrected chi connectivity index (χ4v) is 5.44. The molecule has 1 heterocycles. The molecule has 0 radical (unpaired) electrons. The summed E-state index contributed by atoms with van der Waals surface area (Å²) < 4.78 is 5.97. The first-order chi connectivity index (χ1) is 15.0. The third-order valence-electron chi connectivity index (χ3n) is 6.95. The minimum absolute atomic E-state index is 0.0266.